The molecule has 0 saturated carbocycles. The summed E-state index contributed by atoms with van der Waals surface area (Å²) in [6.45, 7) is 4.00. The van der Waals surface area contributed by atoms with Gasteiger partial charge in [0.15, 0.2) is 0 Å². The summed E-state index contributed by atoms with van der Waals surface area (Å²) in [4.78, 5) is 12.9. The zero-order chi connectivity index (χ0) is 23.2. The predicted octanol–water partition coefficient (Wildman–Crippen LogP) is 4.05. The summed E-state index contributed by atoms with van der Waals surface area (Å²) >= 11 is 12.2. The number of halogens is 2. The first-order valence-electron chi connectivity index (χ1n) is 9.58. The summed E-state index contributed by atoms with van der Waals surface area (Å²) in [6.07, 6.45) is 1.27. The van der Waals surface area contributed by atoms with E-state index in [-0.39, 0.29) is 25.3 Å². The van der Waals surface area contributed by atoms with Gasteiger partial charge in [-0.15, -0.1) is 0 Å². The third kappa shape index (κ3) is 6.66. The van der Waals surface area contributed by atoms with E-state index < -0.39 is 22.0 Å². The minimum absolute atomic E-state index is 0.186. The van der Waals surface area contributed by atoms with Crippen LogP contribution in [0, 0.1) is 6.92 Å². The summed E-state index contributed by atoms with van der Waals surface area (Å²) in [7, 11) is -2.40. The van der Waals surface area contributed by atoms with Gasteiger partial charge in [-0.1, -0.05) is 36.2 Å². The van der Waals surface area contributed by atoms with E-state index in [0.29, 0.717) is 21.5 Å². The second-order valence-corrected chi connectivity index (χ2v) is 9.55. The highest BCUT2D eigenvalue weighted by Gasteiger charge is 2.33. The molecular formula is C21H26Cl2N2O5S. The van der Waals surface area contributed by atoms with Crippen LogP contribution < -0.4 is 19.1 Å². The second kappa shape index (κ2) is 10.9. The smallest absolute Gasteiger partial charge is 0.244 e. The van der Waals surface area contributed by atoms with Crippen molar-refractivity contribution in [3.8, 4) is 11.5 Å². The second-order valence-electron chi connectivity index (χ2n) is 6.85. The van der Waals surface area contributed by atoms with Gasteiger partial charge < -0.3 is 14.8 Å². The van der Waals surface area contributed by atoms with Crippen LogP contribution in [-0.2, 0) is 14.8 Å². The number of methoxy groups -OCH3 is 1. The molecule has 0 saturated heterocycles. The number of aryl methyl sites for hydroxylation is 1. The Morgan fingerprint density at radius 2 is 1.90 bits per heavy atom. The van der Waals surface area contributed by atoms with Crippen molar-refractivity contribution in [1.82, 2.24) is 5.32 Å². The fourth-order valence-corrected chi connectivity index (χ4v) is 4.54. The van der Waals surface area contributed by atoms with Crippen LogP contribution in [-0.4, -0.2) is 46.9 Å². The highest BCUT2D eigenvalue weighted by Crippen LogP contribution is 2.34. The van der Waals surface area contributed by atoms with Gasteiger partial charge in [0, 0.05) is 10.0 Å². The van der Waals surface area contributed by atoms with E-state index in [4.69, 9.17) is 32.7 Å². The van der Waals surface area contributed by atoms with Gasteiger partial charge in [-0.2, -0.15) is 0 Å². The fourth-order valence-electron chi connectivity index (χ4n) is 3.00. The minimum Gasteiger partial charge on any atom is -0.495 e. The molecule has 0 aliphatic heterocycles. The molecule has 1 N–H and O–H groups in total. The van der Waals surface area contributed by atoms with Crippen LogP contribution >= 0.6 is 23.2 Å². The molecule has 1 atom stereocenters. The molecule has 10 heteroatoms. The number of amides is 1. The number of carbonyl (C=O) groups is 1. The maximum Gasteiger partial charge on any atom is 0.244 e. The molecule has 0 aromatic heterocycles. The van der Waals surface area contributed by atoms with Crippen molar-refractivity contribution in [3.63, 3.8) is 0 Å². The van der Waals surface area contributed by atoms with Crippen LogP contribution in [0.4, 0.5) is 5.69 Å². The highest BCUT2D eigenvalue weighted by molar-refractivity contribution is 7.92. The van der Waals surface area contributed by atoms with Gasteiger partial charge in [-0.05, 0) is 49.2 Å². The maximum absolute atomic E-state index is 12.9. The Hall–Kier alpha value is -2.16. The van der Waals surface area contributed by atoms with Crippen LogP contribution in [0.1, 0.15) is 18.9 Å². The zero-order valence-electron chi connectivity index (χ0n) is 17.8. The van der Waals surface area contributed by atoms with E-state index in [1.54, 1.807) is 31.2 Å². The molecule has 0 aliphatic rings. The monoisotopic (exact) mass is 488 g/mol. The summed E-state index contributed by atoms with van der Waals surface area (Å²) in [5.41, 5.74) is 1.13. The maximum atomic E-state index is 12.9. The Labute approximate surface area is 193 Å². The van der Waals surface area contributed by atoms with E-state index in [2.05, 4.69) is 5.32 Å². The number of ether oxygens (including phenoxy) is 2. The van der Waals surface area contributed by atoms with Gasteiger partial charge in [-0.25, -0.2) is 8.42 Å². The Kier molecular flexibility index (Phi) is 8.85. The van der Waals surface area contributed by atoms with E-state index >= 15 is 0 Å². The SMILES string of the molecule is CCC(C(=O)NCCOc1ccc(C)c(Cl)c1)N(c1cc(Cl)ccc1OC)S(C)(=O)=O. The van der Waals surface area contributed by atoms with Crippen molar-refractivity contribution in [2.75, 3.05) is 30.8 Å². The summed E-state index contributed by atoms with van der Waals surface area (Å²) < 4.78 is 37.1. The number of benzene rings is 2. The highest BCUT2D eigenvalue weighted by atomic mass is 35.5. The molecule has 0 heterocycles. The number of hydrogen-bond donors (Lipinski definition) is 1. The lowest BCUT2D eigenvalue weighted by atomic mass is 10.2. The third-order valence-corrected chi connectivity index (χ3v) is 6.33. The molecule has 170 valence electrons. The molecule has 2 aromatic carbocycles. The molecule has 1 unspecified atom stereocenters. The summed E-state index contributed by atoms with van der Waals surface area (Å²) in [5.74, 6) is 0.416. The average molecular weight is 489 g/mol. The molecule has 0 bridgehead atoms. The van der Waals surface area contributed by atoms with Gasteiger partial charge in [0.2, 0.25) is 15.9 Å². The topological polar surface area (TPSA) is 84.9 Å². The van der Waals surface area contributed by atoms with Crippen molar-refractivity contribution >= 4 is 44.8 Å². The first kappa shape index (κ1) is 25.1. The van der Waals surface area contributed by atoms with E-state index in [1.807, 2.05) is 13.0 Å². The summed E-state index contributed by atoms with van der Waals surface area (Å²) in [5, 5.41) is 3.64. The van der Waals surface area contributed by atoms with Crippen molar-refractivity contribution < 1.29 is 22.7 Å². The molecule has 2 rings (SSSR count). The number of rotatable bonds is 10. The van der Waals surface area contributed by atoms with E-state index in [0.717, 1.165) is 16.1 Å². The van der Waals surface area contributed by atoms with E-state index in [9.17, 15) is 13.2 Å². The van der Waals surface area contributed by atoms with Crippen LogP contribution in [0.25, 0.3) is 0 Å². The first-order chi connectivity index (χ1) is 14.6. The lowest BCUT2D eigenvalue weighted by Gasteiger charge is -2.31. The Balaban J connectivity index is 2.14. The van der Waals surface area contributed by atoms with Crippen molar-refractivity contribution in [2.24, 2.45) is 0 Å². The number of anilines is 1. The summed E-state index contributed by atoms with van der Waals surface area (Å²) in [6, 6.07) is 8.93. The van der Waals surface area contributed by atoms with Gasteiger partial charge in [-0.3, -0.25) is 9.10 Å². The van der Waals surface area contributed by atoms with Gasteiger partial charge >= 0.3 is 0 Å². The number of sulfonamides is 1. The fraction of sp³-hybridized carbons (Fsp3) is 0.381. The number of hydrogen-bond acceptors (Lipinski definition) is 5. The van der Waals surface area contributed by atoms with Crippen molar-refractivity contribution in [3.05, 3.63) is 52.0 Å². The van der Waals surface area contributed by atoms with E-state index in [1.165, 1.54) is 13.2 Å². The molecule has 31 heavy (non-hydrogen) atoms. The number of carbonyl (C=O) groups excluding carboxylic acids is 1. The van der Waals surface area contributed by atoms with Crippen LogP contribution in [0.3, 0.4) is 0 Å². The van der Waals surface area contributed by atoms with Gasteiger partial charge in [0.05, 0.1) is 25.6 Å². The third-order valence-electron chi connectivity index (χ3n) is 4.52. The van der Waals surface area contributed by atoms with Crippen molar-refractivity contribution in [1.29, 1.82) is 0 Å². The minimum atomic E-state index is -3.82. The zero-order valence-corrected chi connectivity index (χ0v) is 20.1. The quantitative estimate of drug-likeness (QED) is 0.509. The Bertz CT molecular complexity index is 1030. The lowest BCUT2D eigenvalue weighted by molar-refractivity contribution is -0.122. The van der Waals surface area contributed by atoms with Crippen molar-refractivity contribution in [2.45, 2.75) is 26.3 Å². The normalized spacial score (nSPS) is 12.2. The molecule has 0 radical (unpaired) electrons. The Morgan fingerprint density at radius 1 is 1.19 bits per heavy atom. The van der Waals surface area contributed by atoms with Gasteiger partial charge in [0.25, 0.3) is 0 Å². The molecule has 0 fully saturated rings. The van der Waals surface area contributed by atoms with Crippen LogP contribution in [0.2, 0.25) is 10.0 Å². The molecule has 2 aromatic rings. The molecule has 0 aliphatic carbocycles. The molecule has 7 nitrogen and oxygen atoms in total. The predicted molar refractivity (Wildman–Crippen MR) is 124 cm³/mol. The van der Waals surface area contributed by atoms with Crippen LogP contribution in [0.5, 0.6) is 11.5 Å². The Morgan fingerprint density at radius 3 is 2.48 bits per heavy atom. The lowest BCUT2D eigenvalue weighted by Crippen LogP contribution is -2.50. The molecule has 1 amide bonds. The van der Waals surface area contributed by atoms with Crippen LogP contribution in [0.15, 0.2) is 36.4 Å². The number of nitrogens with one attached hydrogen (secondary N) is 1. The average Bonchev–Trinajstić information content (AvgIpc) is 2.70. The molecule has 0 spiro atoms. The first-order valence-corrected chi connectivity index (χ1v) is 12.2. The van der Waals surface area contributed by atoms with Gasteiger partial charge in [0.1, 0.15) is 24.1 Å². The largest absolute Gasteiger partial charge is 0.495 e. The molecular weight excluding hydrogens is 463 g/mol. The standard InChI is InChI=1S/C21H26Cl2N2O5S/c1-5-18(21(26)24-10-11-30-16-8-6-14(2)17(23)13-16)25(31(4,27)28)19-12-15(22)7-9-20(19)29-3/h6-9,12-13,18H,5,10-11H2,1-4H3,(H,24,26). The number of nitrogens with zero attached hydrogens (tertiary/aromatic N) is 1.